The molecule has 1 heterocycles. The Labute approximate surface area is 109 Å². The number of aromatic nitrogens is 2. The molecule has 100 valence electrons. The van der Waals surface area contributed by atoms with Crippen molar-refractivity contribution in [3.8, 4) is 17.0 Å². The molecule has 0 atom stereocenters. The molecule has 6 heteroatoms. The van der Waals surface area contributed by atoms with E-state index in [0.717, 1.165) is 0 Å². The van der Waals surface area contributed by atoms with Crippen LogP contribution in [0.15, 0.2) is 24.4 Å². The first-order valence-electron chi connectivity index (χ1n) is 5.69. The van der Waals surface area contributed by atoms with Crippen LogP contribution in [0, 0.1) is 5.82 Å². The minimum absolute atomic E-state index is 0.00671. The summed E-state index contributed by atoms with van der Waals surface area (Å²) in [6.07, 6.45) is 1.83. The van der Waals surface area contributed by atoms with Crippen LogP contribution in [-0.2, 0) is 11.2 Å². The highest BCUT2D eigenvalue weighted by atomic mass is 19.1. The Balaban J connectivity index is 2.27. The molecule has 1 aromatic heterocycles. The SMILES string of the molecule is COc1ccc(F)cc1-c1cnc(CCC(=O)O)[nH]1. The maximum Gasteiger partial charge on any atom is 0.303 e. The van der Waals surface area contributed by atoms with Crippen LogP contribution in [0.4, 0.5) is 4.39 Å². The fraction of sp³-hybridized carbons (Fsp3) is 0.231. The number of hydrogen-bond acceptors (Lipinski definition) is 3. The van der Waals surface area contributed by atoms with E-state index in [1.54, 1.807) is 0 Å². The van der Waals surface area contributed by atoms with Gasteiger partial charge in [-0.3, -0.25) is 4.79 Å². The van der Waals surface area contributed by atoms with E-state index in [2.05, 4.69) is 9.97 Å². The molecule has 0 aliphatic rings. The summed E-state index contributed by atoms with van der Waals surface area (Å²) in [5.41, 5.74) is 1.15. The van der Waals surface area contributed by atoms with Gasteiger partial charge in [-0.05, 0) is 18.2 Å². The van der Waals surface area contributed by atoms with Crippen molar-refractivity contribution < 1.29 is 19.0 Å². The van der Waals surface area contributed by atoms with Crippen molar-refractivity contribution in [2.24, 2.45) is 0 Å². The first-order chi connectivity index (χ1) is 9.10. The topological polar surface area (TPSA) is 75.2 Å². The van der Waals surface area contributed by atoms with Gasteiger partial charge in [0.25, 0.3) is 0 Å². The normalized spacial score (nSPS) is 10.4. The Bertz CT molecular complexity index is 595. The second kappa shape index (κ2) is 5.51. The molecular weight excluding hydrogens is 251 g/mol. The number of hydrogen-bond donors (Lipinski definition) is 2. The van der Waals surface area contributed by atoms with Crippen LogP contribution in [0.1, 0.15) is 12.2 Å². The van der Waals surface area contributed by atoms with Crippen molar-refractivity contribution in [2.75, 3.05) is 7.11 Å². The molecule has 0 fully saturated rings. The number of aryl methyl sites for hydroxylation is 1. The Hall–Kier alpha value is -2.37. The number of H-pyrrole nitrogens is 1. The molecule has 19 heavy (non-hydrogen) atoms. The summed E-state index contributed by atoms with van der Waals surface area (Å²) in [6, 6.07) is 4.18. The monoisotopic (exact) mass is 264 g/mol. The van der Waals surface area contributed by atoms with Gasteiger partial charge in [-0.1, -0.05) is 0 Å². The number of nitrogens with zero attached hydrogens (tertiary/aromatic N) is 1. The van der Waals surface area contributed by atoms with Crippen LogP contribution >= 0.6 is 0 Å². The Kier molecular flexibility index (Phi) is 3.79. The van der Waals surface area contributed by atoms with Gasteiger partial charge in [-0.15, -0.1) is 0 Å². The number of carboxylic acids is 1. The van der Waals surface area contributed by atoms with Crippen molar-refractivity contribution in [3.63, 3.8) is 0 Å². The Morgan fingerprint density at radius 2 is 2.32 bits per heavy atom. The highest BCUT2D eigenvalue weighted by Crippen LogP contribution is 2.29. The van der Waals surface area contributed by atoms with Gasteiger partial charge in [0.05, 0.1) is 25.4 Å². The van der Waals surface area contributed by atoms with Gasteiger partial charge in [-0.2, -0.15) is 0 Å². The number of halogens is 1. The first kappa shape index (κ1) is 13.1. The van der Waals surface area contributed by atoms with Gasteiger partial charge in [0.15, 0.2) is 0 Å². The van der Waals surface area contributed by atoms with Crippen molar-refractivity contribution >= 4 is 5.97 Å². The molecule has 0 saturated carbocycles. The van der Waals surface area contributed by atoms with E-state index in [0.29, 0.717) is 29.3 Å². The van der Waals surface area contributed by atoms with Crippen molar-refractivity contribution in [2.45, 2.75) is 12.8 Å². The molecule has 0 aliphatic carbocycles. The standard InChI is InChI=1S/C13H13FN2O3/c1-19-11-3-2-8(14)6-9(11)10-7-15-12(16-10)4-5-13(17)18/h2-3,6-7H,4-5H2,1H3,(H,15,16)(H,17,18). The number of benzene rings is 1. The second-order valence-corrected chi connectivity index (χ2v) is 3.98. The van der Waals surface area contributed by atoms with Crippen LogP contribution < -0.4 is 4.74 Å². The lowest BCUT2D eigenvalue weighted by molar-refractivity contribution is -0.137. The summed E-state index contributed by atoms with van der Waals surface area (Å²) in [5.74, 6) is -0.197. The largest absolute Gasteiger partial charge is 0.496 e. The number of rotatable bonds is 5. The predicted octanol–water partition coefficient (Wildman–Crippen LogP) is 2.24. The number of nitrogens with one attached hydrogen (secondary N) is 1. The van der Waals surface area contributed by atoms with E-state index in [1.807, 2.05) is 0 Å². The van der Waals surface area contributed by atoms with Gasteiger partial charge in [-0.25, -0.2) is 9.37 Å². The quantitative estimate of drug-likeness (QED) is 0.868. The van der Waals surface area contributed by atoms with Gasteiger partial charge in [0.1, 0.15) is 17.4 Å². The second-order valence-electron chi connectivity index (χ2n) is 3.98. The number of imidazole rings is 1. The van der Waals surface area contributed by atoms with E-state index in [9.17, 15) is 9.18 Å². The van der Waals surface area contributed by atoms with Gasteiger partial charge >= 0.3 is 5.97 Å². The van der Waals surface area contributed by atoms with Crippen molar-refractivity contribution in [3.05, 3.63) is 36.0 Å². The third-order valence-corrected chi connectivity index (χ3v) is 2.66. The lowest BCUT2D eigenvalue weighted by Crippen LogP contribution is -1.98. The lowest BCUT2D eigenvalue weighted by Gasteiger charge is -2.06. The molecule has 0 bridgehead atoms. The van der Waals surface area contributed by atoms with Crippen molar-refractivity contribution in [1.82, 2.24) is 9.97 Å². The molecule has 0 aliphatic heterocycles. The average molecular weight is 264 g/mol. The zero-order chi connectivity index (χ0) is 13.8. The van der Waals surface area contributed by atoms with Crippen LogP contribution in [0.2, 0.25) is 0 Å². The van der Waals surface area contributed by atoms with E-state index in [4.69, 9.17) is 9.84 Å². The fourth-order valence-corrected chi connectivity index (χ4v) is 1.74. The molecule has 2 rings (SSSR count). The summed E-state index contributed by atoms with van der Waals surface area (Å²) < 4.78 is 18.4. The number of methoxy groups -OCH3 is 1. The number of carbonyl (C=O) groups is 1. The summed E-state index contributed by atoms with van der Waals surface area (Å²) >= 11 is 0. The maximum atomic E-state index is 13.3. The van der Waals surface area contributed by atoms with Gasteiger partial charge in [0.2, 0.25) is 0 Å². The zero-order valence-electron chi connectivity index (χ0n) is 10.3. The zero-order valence-corrected chi connectivity index (χ0v) is 10.3. The summed E-state index contributed by atoms with van der Waals surface area (Å²) in [7, 11) is 1.50. The minimum atomic E-state index is -0.888. The lowest BCUT2D eigenvalue weighted by atomic mass is 10.1. The van der Waals surface area contributed by atoms with E-state index in [1.165, 1.54) is 31.5 Å². The van der Waals surface area contributed by atoms with E-state index >= 15 is 0 Å². The van der Waals surface area contributed by atoms with E-state index < -0.39 is 5.97 Å². The number of aliphatic carboxylic acids is 1. The predicted molar refractivity (Wildman–Crippen MR) is 66.5 cm³/mol. The van der Waals surface area contributed by atoms with Crippen LogP contribution in [-0.4, -0.2) is 28.2 Å². The molecule has 2 aromatic rings. The van der Waals surface area contributed by atoms with Gasteiger partial charge in [0, 0.05) is 12.0 Å². The van der Waals surface area contributed by atoms with Crippen LogP contribution in [0.3, 0.4) is 0 Å². The molecule has 0 unspecified atom stereocenters. The first-order valence-corrected chi connectivity index (χ1v) is 5.69. The molecule has 5 nitrogen and oxygen atoms in total. The number of aromatic amines is 1. The van der Waals surface area contributed by atoms with Crippen LogP contribution in [0.5, 0.6) is 5.75 Å². The Morgan fingerprint density at radius 1 is 1.53 bits per heavy atom. The smallest absolute Gasteiger partial charge is 0.303 e. The third-order valence-electron chi connectivity index (χ3n) is 2.66. The molecule has 0 saturated heterocycles. The highest BCUT2D eigenvalue weighted by Gasteiger charge is 2.11. The molecule has 1 aromatic carbocycles. The summed E-state index contributed by atoms with van der Waals surface area (Å²) in [4.78, 5) is 17.5. The van der Waals surface area contributed by atoms with Crippen molar-refractivity contribution in [1.29, 1.82) is 0 Å². The number of carboxylic acid groups (broad SMARTS) is 1. The minimum Gasteiger partial charge on any atom is -0.496 e. The maximum absolute atomic E-state index is 13.3. The Morgan fingerprint density at radius 3 is 3.00 bits per heavy atom. The molecule has 0 amide bonds. The molecule has 0 radical (unpaired) electrons. The molecular formula is C13H13FN2O3. The summed E-state index contributed by atoms with van der Waals surface area (Å²) in [5, 5.41) is 8.61. The average Bonchev–Trinajstić information content (AvgIpc) is 2.85. The third kappa shape index (κ3) is 3.09. The van der Waals surface area contributed by atoms with Gasteiger partial charge < -0.3 is 14.8 Å². The molecule has 0 spiro atoms. The fourth-order valence-electron chi connectivity index (χ4n) is 1.74. The highest BCUT2D eigenvalue weighted by molar-refractivity contribution is 5.68. The molecule has 2 N–H and O–H groups in total. The van der Waals surface area contributed by atoms with E-state index in [-0.39, 0.29) is 12.2 Å². The number of ether oxygens (including phenoxy) is 1. The van der Waals surface area contributed by atoms with Crippen LogP contribution in [0.25, 0.3) is 11.3 Å². The summed E-state index contributed by atoms with van der Waals surface area (Å²) in [6.45, 7) is 0.